The van der Waals surface area contributed by atoms with Gasteiger partial charge in [-0.2, -0.15) is 0 Å². The van der Waals surface area contributed by atoms with Gasteiger partial charge in [-0.05, 0) is 50.7 Å². The van der Waals surface area contributed by atoms with E-state index in [-0.39, 0.29) is 18.1 Å². The Morgan fingerprint density at radius 1 is 1.17 bits per heavy atom. The number of aromatic nitrogens is 1. The Bertz CT molecular complexity index is 540. The van der Waals surface area contributed by atoms with Gasteiger partial charge in [-0.15, -0.1) is 0 Å². The molecule has 1 saturated heterocycles. The molecule has 132 valence electrons. The van der Waals surface area contributed by atoms with Gasteiger partial charge in [-0.3, -0.25) is 0 Å². The Morgan fingerprint density at radius 2 is 1.92 bits per heavy atom. The molecule has 2 heterocycles. The minimum absolute atomic E-state index is 0.0383. The van der Waals surface area contributed by atoms with E-state index in [1.54, 1.807) is 7.11 Å². The smallest absolute Gasteiger partial charge is 0.315 e. The van der Waals surface area contributed by atoms with E-state index in [2.05, 4.69) is 32.7 Å². The third kappa shape index (κ3) is 4.38. The highest BCUT2D eigenvalue weighted by Gasteiger charge is 2.27. The number of anilines is 1. The lowest BCUT2D eigenvalue weighted by Crippen LogP contribution is -2.50. The second-order valence-electron chi connectivity index (χ2n) is 6.94. The molecule has 1 saturated carbocycles. The van der Waals surface area contributed by atoms with Gasteiger partial charge in [0.05, 0.1) is 6.10 Å². The maximum Gasteiger partial charge on any atom is 0.315 e. The van der Waals surface area contributed by atoms with Crippen LogP contribution in [-0.2, 0) is 4.74 Å². The van der Waals surface area contributed by atoms with E-state index in [9.17, 15) is 4.79 Å². The first kappa shape index (κ1) is 17.0. The molecule has 3 rings (SSSR count). The summed E-state index contributed by atoms with van der Waals surface area (Å²) in [7, 11) is 1.74. The van der Waals surface area contributed by atoms with E-state index in [1.807, 2.05) is 13.1 Å². The van der Waals surface area contributed by atoms with Gasteiger partial charge in [0, 0.05) is 38.5 Å². The summed E-state index contributed by atoms with van der Waals surface area (Å²) in [6.45, 7) is 3.90. The van der Waals surface area contributed by atoms with Crippen LogP contribution in [0.15, 0.2) is 18.3 Å². The Kier molecular flexibility index (Phi) is 5.56. The molecular formula is C18H28N4O2. The number of nitrogens with zero attached hydrogens (tertiary/aromatic N) is 2. The standard InChI is InChI=1S/C18H28N4O2/c1-13-3-6-17(19-12-13)22-9-7-14(8-10-22)20-18(23)21-15-4-5-16(11-15)24-2/h3,6,12,14-16H,4-5,7-11H2,1-2H3,(H2,20,21,23)/t15-,16-/m1/s1. The fourth-order valence-corrected chi connectivity index (χ4v) is 3.60. The van der Waals surface area contributed by atoms with Gasteiger partial charge < -0.3 is 20.3 Å². The molecule has 2 atom stereocenters. The summed E-state index contributed by atoms with van der Waals surface area (Å²) in [6.07, 6.45) is 7.06. The first-order valence-corrected chi connectivity index (χ1v) is 8.91. The normalized spacial score (nSPS) is 24.8. The van der Waals surface area contributed by atoms with E-state index in [1.165, 1.54) is 5.56 Å². The highest BCUT2D eigenvalue weighted by Crippen LogP contribution is 2.21. The number of hydrogen-bond acceptors (Lipinski definition) is 4. The number of pyridine rings is 1. The van der Waals surface area contributed by atoms with Crippen molar-refractivity contribution in [2.45, 2.75) is 57.2 Å². The number of carbonyl (C=O) groups is 1. The molecule has 2 N–H and O–H groups in total. The molecular weight excluding hydrogens is 304 g/mol. The predicted molar refractivity (Wildman–Crippen MR) is 94.3 cm³/mol. The van der Waals surface area contributed by atoms with Gasteiger partial charge in [0.2, 0.25) is 0 Å². The fourth-order valence-electron chi connectivity index (χ4n) is 3.60. The van der Waals surface area contributed by atoms with Gasteiger partial charge in [-0.25, -0.2) is 9.78 Å². The van der Waals surface area contributed by atoms with Crippen molar-refractivity contribution in [2.75, 3.05) is 25.1 Å². The van der Waals surface area contributed by atoms with Crippen LogP contribution in [0.25, 0.3) is 0 Å². The molecule has 1 aliphatic carbocycles. The van der Waals surface area contributed by atoms with Gasteiger partial charge in [0.15, 0.2) is 0 Å². The zero-order chi connectivity index (χ0) is 16.9. The van der Waals surface area contributed by atoms with Crippen molar-refractivity contribution < 1.29 is 9.53 Å². The van der Waals surface area contributed by atoms with E-state index in [4.69, 9.17) is 4.74 Å². The van der Waals surface area contributed by atoms with Crippen LogP contribution < -0.4 is 15.5 Å². The number of piperidine rings is 1. The van der Waals surface area contributed by atoms with Crippen LogP contribution in [0.3, 0.4) is 0 Å². The van der Waals surface area contributed by atoms with Crippen LogP contribution in [-0.4, -0.2) is 49.4 Å². The number of aryl methyl sites for hydroxylation is 1. The summed E-state index contributed by atoms with van der Waals surface area (Å²) >= 11 is 0. The van der Waals surface area contributed by atoms with Crippen LogP contribution in [0.2, 0.25) is 0 Å². The van der Waals surface area contributed by atoms with Gasteiger partial charge in [0.1, 0.15) is 5.82 Å². The van der Waals surface area contributed by atoms with Crippen molar-refractivity contribution in [3.8, 4) is 0 Å². The molecule has 6 nitrogen and oxygen atoms in total. The zero-order valence-electron chi connectivity index (χ0n) is 14.6. The van der Waals surface area contributed by atoms with Crippen molar-refractivity contribution in [3.05, 3.63) is 23.9 Å². The third-order valence-electron chi connectivity index (χ3n) is 5.10. The third-order valence-corrected chi connectivity index (χ3v) is 5.10. The summed E-state index contributed by atoms with van der Waals surface area (Å²) in [5, 5.41) is 6.21. The summed E-state index contributed by atoms with van der Waals surface area (Å²) in [6, 6.07) is 4.61. The van der Waals surface area contributed by atoms with Gasteiger partial charge >= 0.3 is 6.03 Å². The number of hydrogen-bond donors (Lipinski definition) is 2. The minimum Gasteiger partial charge on any atom is -0.381 e. The molecule has 1 aliphatic heterocycles. The highest BCUT2D eigenvalue weighted by molar-refractivity contribution is 5.74. The maximum atomic E-state index is 12.2. The molecule has 24 heavy (non-hydrogen) atoms. The zero-order valence-corrected chi connectivity index (χ0v) is 14.6. The summed E-state index contributed by atoms with van der Waals surface area (Å²) in [5.74, 6) is 1.03. The Hall–Kier alpha value is -1.82. The van der Waals surface area contributed by atoms with Crippen molar-refractivity contribution >= 4 is 11.8 Å². The number of rotatable bonds is 4. The largest absolute Gasteiger partial charge is 0.381 e. The first-order valence-electron chi connectivity index (χ1n) is 8.91. The number of nitrogens with one attached hydrogen (secondary N) is 2. The topological polar surface area (TPSA) is 66.5 Å². The van der Waals surface area contributed by atoms with E-state index in [0.29, 0.717) is 6.10 Å². The number of ether oxygens (including phenoxy) is 1. The quantitative estimate of drug-likeness (QED) is 0.887. The van der Waals surface area contributed by atoms with Crippen molar-refractivity contribution in [2.24, 2.45) is 0 Å². The van der Waals surface area contributed by atoms with Crippen LogP contribution in [0.5, 0.6) is 0 Å². The van der Waals surface area contributed by atoms with Gasteiger partial charge in [0.25, 0.3) is 0 Å². The summed E-state index contributed by atoms with van der Waals surface area (Å²) < 4.78 is 5.35. The summed E-state index contributed by atoms with van der Waals surface area (Å²) in [4.78, 5) is 18.9. The number of amides is 2. The molecule has 0 unspecified atom stereocenters. The Labute approximate surface area is 144 Å². The van der Waals surface area contributed by atoms with E-state index < -0.39 is 0 Å². The lowest BCUT2D eigenvalue weighted by molar-refractivity contribution is 0.107. The Balaban J connectivity index is 1.40. The number of methoxy groups -OCH3 is 1. The average molecular weight is 332 g/mol. The van der Waals surface area contributed by atoms with Crippen LogP contribution in [0.1, 0.15) is 37.7 Å². The monoisotopic (exact) mass is 332 g/mol. The van der Waals surface area contributed by atoms with Crippen molar-refractivity contribution in [1.29, 1.82) is 0 Å². The molecule has 0 radical (unpaired) electrons. The molecule has 0 bridgehead atoms. The number of carbonyl (C=O) groups excluding carboxylic acids is 1. The summed E-state index contributed by atoms with van der Waals surface area (Å²) in [5.41, 5.74) is 1.18. The molecule has 2 aliphatic rings. The average Bonchev–Trinajstić information content (AvgIpc) is 3.04. The molecule has 2 fully saturated rings. The molecule has 1 aromatic heterocycles. The second-order valence-corrected chi connectivity index (χ2v) is 6.94. The molecule has 6 heteroatoms. The lowest BCUT2D eigenvalue weighted by Gasteiger charge is -2.33. The van der Waals surface area contributed by atoms with Crippen molar-refractivity contribution in [3.63, 3.8) is 0 Å². The van der Waals surface area contributed by atoms with Crippen molar-refractivity contribution in [1.82, 2.24) is 15.6 Å². The van der Waals surface area contributed by atoms with Gasteiger partial charge in [-0.1, -0.05) is 6.07 Å². The highest BCUT2D eigenvalue weighted by atomic mass is 16.5. The fraction of sp³-hybridized carbons (Fsp3) is 0.667. The maximum absolute atomic E-state index is 12.2. The van der Waals surface area contributed by atoms with Crippen LogP contribution in [0, 0.1) is 6.92 Å². The lowest BCUT2D eigenvalue weighted by atomic mass is 10.1. The molecule has 0 spiro atoms. The van der Waals surface area contributed by atoms with E-state index in [0.717, 1.165) is 51.0 Å². The van der Waals surface area contributed by atoms with E-state index >= 15 is 0 Å². The molecule has 1 aromatic rings. The Morgan fingerprint density at radius 3 is 2.54 bits per heavy atom. The number of urea groups is 1. The molecule has 2 amide bonds. The minimum atomic E-state index is -0.0383. The van der Waals surface area contributed by atoms with Crippen LogP contribution in [0.4, 0.5) is 10.6 Å². The van der Waals surface area contributed by atoms with Crippen LogP contribution >= 0.6 is 0 Å². The SMILES string of the molecule is CO[C@@H]1CC[C@@H](NC(=O)NC2CCN(c3ccc(C)cn3)CC2)C1. The first-order chi connectivity index (χ1) is 11.6. The second kappa shape index (κ2) is 7.83. The predicted octanol–water partition coefficient (Wildman–Crippen LogP) is 2.23. The molecule has 0 aromatic carbocycles.